The van der Waals surface area contributed by atoms with Crippen molar-refractivity contribution in [2.24, 2.45) is 5.92 Å². The van der Waals surface area contributed by atoms with Gasteiger partial charge in [-0.1, -0.05) is 44.9 Å². The van der Waals surface area contributed by atoms with Crippen LogP contribution >= 0.6 is 0 Å². The number of hydrogen-bond acceptors (Lipinski definition) is 2. The molecule has 0 aliphatic rings. The van der Waals surface area contributed by atoms with E-state index in [-0.39, 0.29) is 6.10 Å². The fourth-order valence-corrected chi connectivity index (χ4v) is 1.95. The van der Waals surface area contributed by atoms with Crippen LogP contribution in [0.1, 0.15) is 45.1 Å². The van der Waals surface area contributed by atoms with Crippen molar-refractivity contribution in [1.82, 2.24) is 0 Å². The lowest BCUT2D eigenvalue weighted by molar-refractivity contribution is 0.150. The van der Waals surface area contributed by atoms with Gasteiger partial charge in [0.05, 0.1) is 6.10 Å². The van der Waals surface area contributed by atoms with Crippen molar-refractivity contribution >= 4 is 0 Å². The Morgan fingerprint density at radius 1 is 1.06 bits per heavy atom. The van der Waals surface area contributed by atoms with Gasteiger partial charge in [-0.15, -0.1) is 0 Å². The molecule has 0 spiro atoms. The summed E-state index contributed by atoms with van der Waals surface area (Å²) in [5.74, 6) is 1.04. The highest BCUT2D eigenvalue weighted by Gasteiger charge is 2.07. The van der Waals surface area contributed by atoms with Crippen molar-refractivity contribution in [3.05, 3.63) is 29.8 Å². The lowest BCUT2D eigenvalue weighted by atomic mass is 10.00. The zero-order chi connectivity index (χ0) is 12.7. The third-order valence-corrected chi connectivity index (χ3v) is 3.06. The zero-order valence-corrected chi connectivity index (χ0v) is 10.9. The van der Waals surface area contributed by atoms with E-state index >= 15 is 0 Å². The van der Waals surface area contributed by atoms with Crippen molar-refractivity contribution in [1.29, 1.82) is 0 Å². The summed E-state index contributed by atoms with van der Waals surface area (Å²) in [5, 5.41) is 19.4. The van der Waals surface area contributed by atoms with Crippen LogP contribution in [0.5, 0.6) is 5.75 Å². The molecule has 0 saturated carbocycles. The van der Waals surface area contributed by atoms with E-state index in [0.29, 0.717) is 11.7 Å². The number of rotatable bonds is 7. The summed E-state index contributed by atoms with van der Waals surface area (Å²) in [6, 6.07) is 7.34. The maximum Gasteiger partial charge on any atom is 0.118 e. The maximum absolute atomic E-state index is 9.83. The van der Waals surface area contributed by atoms with Gasteiger partial charge >= 0.3 is 0 Å². The van der Waals surface area contributed by atoms with Gasteiger partial charge < -0.3 is 10.2 Å². The van der Waals surface area contributed by atoms with Crippen LogP contribution < -0.4 is 0 Å². The summed E-state index contributed by atoms with van der Waals surface area (Å²) in [6.07, 6.45) is 4.36. The van der Waals surface area contributed by atoms with Crippen molar-refractivity contribution in [3.8, 4) is 5.75 Å². The molecule has 0 aliphatic heterocycles. The lowest BCUT2D eigenvalue weighted by Crippen LogP contribution is -2.08. The van der Waals surface area contributed by atoms with Gasteiger partial charge in [0.2, 0.25) is 0 Å². The van der Waals surface area contributed by atoms with E-state index in [0.717, 1.165) is 31.2 Å². The van der Waals surface area contributed by atoms with Gasteiger partial charge in [-0.2, -0.15) is 0 Å². The Morgan fingerprint density at radius 2 is 1.76 bits per heavy atom. The molecule has 2 N–H and O–H groups in total. The van der Waals surface area contributed by atoms with E-state index in [1.807, 2.05) is 18.2 Å². The fourth-order valence-electron chi connectivity index (χ4n) is 1.95. The number of benzene rings is 1. The van der Waals surface area contributed by atoms with Crippen LogP contribution in [0.4, 0.5) is 0 Å². The van der Waals surface area contributed by atoms with E-state index in [9.17, 15) is 10.2 Å². The Kier molecular flexibility index (Phi) is 6.06. The van der Waals surface area contributed by atoms with Crippen LogP contribution in [-0.4, -0.2) is 16.3 Å². The first-order valence-corrected chi connectivity index (χ1v) is 6.54. The van der Waals surface area contributed by atoms with Gasteiger partial charge in [-0.3, -0.25) is 0 Å². The molecule has 1 rings (SSSR count). The zero-order valence-electron chi connectivity index (χ0n) is 10.9. The second-order valence-corrected chi connectivity index (χ2v) is 5.15. The second-order valence-electron chi connectivity index (χ2n) is 5.15. The largest absolute Gasteiger partial charge is 0.508 e. The molecule has 1 unspecified atom stereocenters. The first kappa shape index (κ1) is 14.0. The molecule has 0 bridgehead atoms. The number of phenolic OH excluding ortho intramolecular Hbond substituents is 1. The molecule has 0 aliphatic carbocycles. The molecule has 96 valence electrons. The van der Waals surface area contributed by atoms with Crippen LogP contribution in [-0.2, 0) is 6.42 Å². The molecule has 0 amide bonds. The number of aryl methyl sites for hydroxylation is 1. The summed E-state index contributed by atoms with van der Waals surface area (Å²) < 4.78 is 0. The summed E-state index contributed by atoms with van der Waals surface area (Å²) in [7, 11) is 0. The normalized spacial score (nSPS) is 12.9. The number of phenols is 1. The Morgan fingerprint density at radius 3 is 2.41 bits per heavy atom. The van der Waals surface area contributed by atoms with Crippen LogP contribution in [0, 0.1) is 5.92 Å². The van der Waals surface area contributed by atoms with Gasteiger partial charge in [0, 0.05) is 0 Å². The van der Waals surface area contributed by atoms with Crippen LogP contribution in [0.2, 0.25) is 0 Å². The average molecular weight is 236 g/mol. The highest BCUT2D eigenvalue weighted by Crippen LogP contribution is 2.19. The first-order chi connectivity index (χ1) is 8.09. The minimum absolute atomic E-state index is 0.242. The lowest BCUT2D eigenvalue weighted by Gasteiger charge is -2.12. The molecule has 1 aromatic rings. The predicted octanol–water partition coefficient (Wildman–Crippen LogP) is 3.51. The van der Waals surface area contributed by atoms with E-state index in [1.54, 1.807) is 6.07 Å². The molecule has 0 saturated heterocycles. The van der Waals surface area contributed by atoms with Gasteiger partial charge in [0.15, 0.2) is 0 Å². The number of para-hydroxylation sites is 1. The monoisotopic (exact) mass is 236 g/mol. The van der Waals surface area contributed by atoms with Crippen molar-refractivity contribution in [2.75, 3.05) is 0 Å². The second kappa shape index (κ2) is 7.33. The van der Waals surface area contributed by atoms with Crippen molar-refractivity contribution in [2.45, 2.75) is 52.1 Å². The average Bonchev–Trinajstić information content (AvgIpc) is 2.27. The van der Waals surface area contributed by atoms with Gasteiger partial charge in [-0.05, 0) is 36.8 Å². The fraction of sp³-hybridized carbons (Fsp3) is 0.600. The number of hydrogen-bond donors (Lipinski definition) is 2. The number of aliphatic hydroxyl groups excluding tert-OH is 1. The molecular weight excluding hydrogens is 212 g/mol. The topological polar surface area (TPSA) is 40.5 Å². The summed E-state index contributed by atoms with van der Waals surface area (Å²) in [5.41, 5.74) is 0.926. The highest BCUT2D eigenvalue weighted by molar-refractivity contribution is 5.31. The van der Waals surface area contributed by atoms with Crippen LogP contribution in [0.25, 0.3) is 0 Å². The predicted molar refractivity (Wildman–Crippen MR) is 71.1 cm³/mol. The van der Waals surface area contributed by atoms with E-state index in [2.05, 4.69) is 13.8 Å². The molecule has 2 nitrogen and oxygen atoms in total. The number of aliphatic hydroxyl groups is 1. The molecule has 2 heteroatoms. The molecular formula is C15H24O2. The minimum atomic E-state index is -0.242. The molecule has 0 heterocycles. The van der Waals surface area contributed by atoms with Gasteiger partial charge in [-0.25, -0.2) is 0 Å². The molecule has 1 atom stereocenters. The van der Waals surface area contributed by atoms with Crippen LogP contribution in [0.15, 0.2) is 24.3 Å². The van der Waals surface area contributed by atoms with Gasteiger partial charge in [0.25, 0.3) is 0 Å². The molecule has 17 heavy (non-hydrogen) atoms. The minimum Gasteiger partial charge on any atom is -0.508 e. The third kappa shape index (κ3) is 5.73. The van der Waals surface area contributed by atoms with Gasteiger partial charge in [0.1, 0.15) is 5.75 Å². The third-order valence-electron chi connectivity index (χ3n) is 3.06. The highest BCUT2D eigenvalue weighted by atomic mass is 16.3. The Balaban J connectivity index is 2.24. The number of aromatic hydroxyl groups is 1. The summed E-state index contributed by atoms with van der Waals surface area (Å²) >= 11 is 0. The van der Waals surface area contributed by atoms with Crippen molar-refractivity contribution < 1.29 is 10.2 Å². The van der Waals surface area contributed by atoms with E-state index in [1.165, 1.54) is 6.42 Å². The first-order valence-electron chi connectivity index (χ1n) is 6.54. The Bertz CT molecular complexity index is 320. The van der Waals surface area contributed by atoms with Crippen molar-refractivity contribution in [3.63, 3.8) is 0 Å². The molecule has 1 aromatic carbocycles. The van der Waals surface area contributed by atoms with E-state index in [4.69, 9.17) is 0 Å². The van der Waals surface area contributed by atoms with E-state index < -0.39 is 0 Å². The molecule has 0 aromatic heterocycles. The smallest absolute Gasteiger partial charge is 0.118 e. The van der Waals surface area contributed by atoms with Crippen LogP contribution in [0.3, 0.4) is 0 Å². The Labute approximate surface area is 104 Å². The summed E-state index contributed by atoms with van der Waals surface area (Å²) in [6.45, 7) is 4.41. The molecule has 0 radical (unpaired) electrons. The quantitative estimate of drug-likeness (QED) is 0.760. The SMILES string of the molecule is CC(C)CCCC(O)CCc1ccccc1O. The Hall–Kier alpha value is -1.02. The summed E-state index contributed by atoms with van der Waals surface area (Å²) in [4.78, 5) is 0. The molecule has 0 fully saturated rings. The standard InChI is InChI=1S/C15H24O2/c1-12(2)6-5-8-14(16)11-10-13-7-3-4-9-15(13)17/h3-4,7,9,12,14,16-17H,5-6,8,10-11H2,1-2H3. The maximum atomic E-state index is 9.83.